The van der Waals surface area contributed by atoms with Gasteiger partial charge in [-0.15, -0.1) is 0 Å². The van der Waals surface area contributed by atoms with Crippen molar-refractivity contribution in [3.63, 3.8) is 0 Å². The molecule has 1 spiro atoms. The molecule has 1 unspecified atom stereocenters. The number of ether oxygens (including phenoxy) is 1. The minimum atomic E-state index is -3.39. The summed E-state index contributed by atoms with van der Waals surface area (Å²) in [6.45, 7) is 1.87. The second-order valence-electron chi connectivity index (χ2n) is 6.49. The number of benzene rings is 1. The Hall–Kier alpha value is -1.07. The van der Waals surface area contributed by atoms with Crippen molar-refractivity contribution in [3.8, 4) is 0 Å². The fraction of sp³-hybridized carbons (Fsp3) is 0.625. The zero-order valence-electron chi connectivity index (χ0n) is 12.5. The van der Waals surface area contributed by atoms with Gasteiger partial charge in [0.2, 0.25) is 0 Å². The summed E-state index contributed by atoms with van der Waals surface area (Å²) < 4.78 is 31.3. The predicted octanol–water partition coefficient (Wildman–Crippen LogP) is 2.84. The molecule has 116 valence electrons. The lowest BCUT2D eigenvalue weighted by Crippen LogP contribution is -2.28. The zero-order valence-corrected chi connectivity index (χ0v) is 13.3. The SMILES string of the molecule is Cc1ccc(N)c(S(=O)(=O)CC2CCC3(CCCC3)O2)c1. The normalized spacial score (nSPS) is 24.7. The Morgan fingerprint density at radius 3 is 2.71 bits per heavy atom. The van der Waals surface area contributed by atoms with Crippen molar-refractivity contribution in [2.45, 2.75) is 62.0 Å². The molecule has 1 aromatic rings. The molecule has 2 N–H and O–H groups in total. The molecule has 5 heteroatoms. The molecule has 1 aliphatic carbocycles. The summed E-state index contributed by atoms with van der Waals surface area (Å²) in [5.74, 6) is 0.0441. The van der Waals surface area contributed by atoms with Crippen LogP contribution in [0, 0.1) is 6.92 Å². The summed E-state index contributed by atoms with van der Waals surface area (Å²) in [7, 11) is -3.39. The molecule has 0 aromatic heterocycles. The molecule has 2 aliphatic rings. The average Bonchev–Trinajstić information content (AvgIpc) is 3.03. The third-order valence-corrected chi connectivity index (χ3v) is 6.60. The van der Waals surface area contributed by atoms with Gasteiger partial charge in [-0.2, -0.15) is 0 Å². The van der Waals surface area contributed by atoms with E-state index in [2.05, 4.69) is 0 Å². The van der Waals surface area contributed by atoms with E-state index in [9.17, 15) is 8.42 Å². The summed E-state index contributed by atoms with van der Waals surface area (Å²) in [5, 5.41) is 0. The van der Waals surface area contributed by atoms with Gasteiger partial charge >= 0.3 is 0 Å². The largest absolute Gasteiger partial charge is 0.398 e. The highest BCUT2D eigenvalue weighted by molar-refractivity contribution is 7.91. The Balaban J connectivity index is 1.76. The van der Waals surface area contributed by atoms with E-state index in [0.717, 1.165) is 31.2 Å². The first kappa shape index (κ1) is 14.9. The first-order valence-corrected chi connectivity index (χ1v) is 9.32. The van der Waals surface area contributed by atoms with Gasteiger partial charge in [-0.3, -0.25) is 0 Å². The van der Waals surface area contributed by atoms with E-state index in [0.29, 0.717) is 5.69 Å². The maximum absolute atomic E-state index is 12.6. The smallest absolute Gasteiger partial charge is 0.182 e. The summed E-state index contributed by atoms with van der Waals surface area (Å²) in [5.41, 5.74) is 7.05. The highest BCUT2D eigenvalue weighted by Crippen LogP contribution is 2.43. The monoisotopic (exact) mass is 309 g/mol. The van der Waals surface area contributed by atoms with Crippen molar-refractivity contribution in [2.24, 2.45) is 0 Å². The fourth-order valence-corrected chi connectivity index (χ4v) is 5.34. The first-order chi connectivity index (χ1) is 9.90. The van der Waals surface area contributed by atoms with Gasteiger partial charge in [0, 0.05) is 0 Å². The van der Waals surface area contributed by atoms with Crippen LogP contribution in [0.5, 0.6) is 0 Å². The van der Waals surface area contributed by atoms with Crippen molar-refractivity contribution < 1.29 is 13.2 Å². The minimum Gasteiger partial charge on any atom is -0.398 e. The number of hydrogen-bond donors (Lipinski definition) is 1. The van der Waals surface area contributed by atoms with E-state index < -0.39 is 9.84 Å². The molecule has 1 heterocycles. The van der Waals surface area contributed by atoms with Crippen LogP contribution < -0.4 is 5.73 Å². The van der Waals surface area contributed by atoms with Gasteiger partial charge in [0.1, 0.15) is 0 Å². The van der Waals surface area contributed by atoms with Gasteiger partial charge < -0.3 is 10.5 Å². The molecule has 2 fully saturated rings. The number of rotatable bonds is 3. The van der Waals surface area contributed by atoms with E-state index in [1.807, 2.05) is 13.0 Å². The van der Waals surface area contributed by atoms with Crippen LogP contribution >= 0.6 is 0 Å². The van der Waals surface area contributed by atoms with E-state index in [1.54, 1.807) is 12.1 Å². The topological polar surface area (TPSA) is 69.4 Å². The molecule has 1 aliphatic heterocycles. The first-order valence-electron chi connectivity index (χ1n) is 7.67. The van der Waals surface area contributed by atoms with Crippen LogP contribution in [0.4, 0.5) is 5.69 Å². The molecule has 21 heavy (non-hydrogen) atoms. The lowest BCUT2D eigenvalue weighted by atomic mass is 9.98. The van der Waals surface area contributed by atoms with Crippen molar-refractivity contribution in [3.05, 3.63) is 23.8 Å². The molecule has 0 bridgehead atoms. The number of nitrogens with two attached hydrogens (primary N) is 1. The molecular formula is C16H23NO3S. The lowest BCUT2D eigenvalue weighted by molar-refractivity contribution is -0.0272. The number of nitrogen functional groups attached to an aromatic ring is 1. The molecule has 1 saturated heterocycles. The van der Waals surface area contributed by atoms with E-state index in [1.165, 1.54) is 12.8 Å². The Labute approximate surface area is 126 Å². The van der Waals surface area contributed by atoms with E-state index in [4.69, 9.17) is 10.5 Å². The van der Waals surface area contributed by atoms with Crippen LogP contribution in [0.25, 0.3) is 0 Å². The molecule has 0 amide bonds. The molecule has 4 nitrogen and oxygen atoms in total. The minimum absolute atomic E-state index is 0.0294. The predicted molar refractivity (Wildman–Crippen MR) is 83.0 cm³/mol. The van der Waals surface area contributed by atoms with Crippen LogP contribution in [0.3, 0.4) is 0 Å². The Kier molecular flexibility index (Phi) is 3.74. The van der Waals surface area contributed by atoms with Crippen LogP contribution in [0.1, 0.15) is 44.1 Å². The molecule has 1 saturated carbocycles. The Bertz CT molecular complexity index is 633. The van der Waals surface area contributed by atoms with Gasteiger partial charge in [-0.1, -0.05) is 18.9 Å². The van der Waals surface area contributed by atoms with Gasteiger partial charge in [0.15, 0.2) is 9.84 Å². The number of anilines is 1. The van der Waals surface area contributed by atoms with Crippen molar-refractivity contribution in [2.75, 3.05) is 11.5 Å². The number of sulfone groups is 1. The van der Waals surface area contributed by atoms with E-state index in [-0.39, 0.29) is 22.4 Å². The third kappa shape index (κ3) is 2.94. The van der Waals surface area contributed by atoms with Crippen molar-refractivity contribution >= 4 is 15.5 Å². The van der Waals surface area contributed by atoms with E-state index >= 15 is 0 Å². The third-order valence-electron chi connectivity index (χ3n) is 4.76. The summed E-state index contributed by atoms with van der Waals surface area (Å²) >= 11 is 0. The Morgan fingerprint density at radius 1 is 1.29 bits per heavy atom. The van der Waals surface area contributed by atoms with Gasteiger partial charge in [-0.05, 0) is 50.3 Å². The van der Waals surface area contributed by atoms with Crippen molar-refractivity contribution in [1.29, 1.82) is 0 Å². The van der Waals surface area contributed by atoms with Gasteiger partial charge in [-0.25, -0.2) is 8.42 Å². The number of hydrogen-bond acceptors (Lipinski definition) is 4. The van der Waals surface area contributed by atoms with Crippen LogP contribution in [0.2, 0.25) is 0 Å². The lowest BCUT2D eigenvalue weighted by Gasteiger charge is -2.23. The standard InChI is InChI=1S/C16H23NO3S/c1-12-4-5-14(17)15(10-12)21(18,19)11-13-6-9-16(20-13)7-2-3-8-16/h4-5,10,13H,2-3,6-9,11,17H2,1H3. The molecule has 1 aromatic carbocycles. The highest BCUT2D eigenvalue weighted by Gasteiger charge is 2.43. The Morgan fingerprint density at radius 2 is 2.00 bits per heavy atom. The second kappa shape index (κ2) is 5.29. The van der Waals surface area contributed by atoms with Crippen LogP contribution in [0.15, 0.2) is 23.1 Å². The quantitative estimate of drug-likeness (QED) is 0.872. The van der Waals surface area contributed by atoms with Crippen molar-refractivity contribution in [1.82, 2.24) is 0 Å². The average molecular weight is 309 g/mol. The summed E-state index contributed by atoms with van der Waals surface area (Å²) in [6.07, 6.45) is 6.20. The van der Waals surface area contributed by atoms with Gasteiger partial charge in [0.05, 0.1) is 28.0 Å². The summed E-state index contributed by atoms with van der Waals surface area (Å²) in [4.78, 5) is 0.249. The highest BCUT2D eigenvalue weighted by atomic mass is 32.2. The molecule has 0 radical (unpaired) electrons. The maximum atomic E-state index is 12.6. The van der Waals surface area contributed by atoms with Crippen LogP contribution in [-0.2, 0) is 14.6 Å². The maximum Gasteiger partial charge on any atom is 0.182 e. The second-order valence-corrected chi connectivity index (χ2v) is 8.49. The molecule has 3 rings (SSSR count). The fourth-order valence-electron chi connectivity index (χ4n) is 3.65. The molecule has 1 atom stereocenters. The summed E-state index contributed by atoms with van der Waals surface area (Å²) in [6, 6.07) is 5.15. The number of aryl methyl sites for hydroxylation is 1. The zero-order chi connectivity index (χ0) is 15.1. The molecular weight excluding hydrogens is 286 g/mol. The van der Waals surface area contributed by atoms with Crippen LogP contribution in [-0.4, -0.2) is 25.9 Å². The van der Waals surface area contributed by atoms with Gasteiger partial charge in [0.25, 0.3) is 0 Å².